The average Bonchev–Trinajstić information content (AvgIpc) is 2.41. The van der Waals surface area contributed by atoms with Crippen molar-refractivity contribution in [2.75, 3.05) is 48.7 Å². The number of hydrogen-bond acceptors (Lipinski definition) is 4. The van der Waals surface area contributed by atoms with Gasteiger partial charge in [-0.2, -0.15) is 0 Å². The quantitative estimate of drug-likeness (QED) is 0.838. The van der Waals surface area contributed by atoms with Crippen molar-refractivity contribution >= 4 is 34.6 Å². The molecule has 0 spiro atoms. The van der Waals surface area contributed by atoms with Gasteiger partial charge in [0.25, 0.3) is 0 Å². The van der Waals surface area contributed by atoms with Crippen LogP contribution in [-0.2, 0) is 4.79 Å². The largest absolute Gasteiger partial charge is 0.397 e. The molecule has 0 unspecified atom stereocenters. The maximum atomic E-state index is 11.2. The lowest BCUT2D eigenvalue weighted by Gasteiger charge is -2.36. The molecule has 2 rings (SSSR count). The maximum absolute atomic E-state index is 11.2. The van der Waals surface area contributed by atoms with E-state index in [1.165, 1.54) is 6.92 Å². The molecular formula is C14H21ClN4O. The third-order valence-corrected chi connectivity index (χ3v) is 3.90. The van der Waals surface area contributed by atoms with E-state index < -0.39 is 0 Å². The van der Waals surface area contributed by atoms with Crippen LogP contribution in [0.5, 0.6) is 0 Å². The monoisotopic (exact) mass is 296 g/mol. The Bertz CT molecular complexity index is 498. The molecule has 20 heavy (non-hydrogen) atoms. The molecule has 0 saturated carbocycles. The lowest BCUT2D eigenvalue weighted by Crippen LogP contribution is -2.46. The van der Waals surface area contributed by atoms with Crippen molar-refractivity contribution in [3.05, 3.63) is 17.2 Å². The number of likely N-dealkylation sites (N-methyl/N-ethyl adjacent to an activating group) is 1. The van der Waals surface area contributed by atoms with E-state index in [4.69, 9.17) is 17.3 Å². The molecular weight excluding hydrogens is 276 g/mol. The molecule has 0 bridgehead atoms. The summed E-state index contributed by atoms with van der Waals surface area (Å²) in [4.78, 5) is 15.8. The number of rotatable bonds is 3. The van der Waals surface area contributed by atoms with Gasteiger partial charge in [-0.15, -0.1) is 0 Å². The fourth-order valence-electron chi connectivity index (χ4n) is 2.44. The van der Waals surface area contributed by atoms with Crippen LogP contribution in [-0.4, -0.2) is 43.5 Å². The minimum Gasteiger partial charge on any atom is -0.397 e. The first kappa shape index (κ1) is 14.9. The topological polar surface area (TPSA) is 61.6 Å². The minimum atomic E-state index is -0.140. The van der Waals surface area contributed by atoms with Crippen LogP contribution >= 0.6 is 11.6 Å². The van der Waals surface area contributed by atoms with Crippen molar-refractivity contribution in [2.24, 2.45) is 0 Å². The fraction of sp³-hybridized carbons (Fsp3) is 0.500. The first-order valence-corrected chi connectivity index (χ1v) is 7.23. The molecule has 3 N–H and O–H groups in total. The molecule has 5 nitrogen and oxygen atoms in total. The van der Waals surface area contributed by atoms with E-state index in [0.29, 0.717) is 16.4 Å². The molecule has 0 atom stereocenters. The summed E-state index contributed by atoms with van der Waals surface area (Å²) in [7, 11) is 0. The lowest BCUT2D eigenvalue weighted by atomic mass is 10.2. The smallest absolute Gasteiger partial charge is 0.221 e. The normalized spacial score (nSPS) is 16.2. The first-order chi connectivity index (χ1) is 9.51. The Hall–Kier alpha value is -1.46. The van der Waals surface area contributed by atoms with E-state index in [-0.39, 0.29) is 5.91 Å². The van der Waals surface area contributed by atoms with Crippen molar-refractivity contribution in [2.45, 2.75) is 13.8 Å². The molecule has 110 valence electrons. The average molecular weight is 297 g/mol. The van der Waals surface area contributed by atoms with Gasteiger partial charge in [-0.3, -0.25) is 4.79 Å². The molecule has 1 fully saturated rings. The Morgan fingerprint density at radius 2 is 2.00 bits per heavy atom. The molecule has 0 aliphatic carbocycles. The summed E-state index contributed by atoms with van der Waals surface area (Å²) in [5.74, 6) is -0.140. The number of nitrogens with two attached hydrogens (primary N) is 1. The highest BCUT2D eigenvalue weighted by Crippen LogP contribution is 2.34. The summed E-state index contributed by atoms with van der Waals surface area (Å²) in [5.41, 5.74) is 8.27. The molecule has 1 aliphatic heterocycles. The fourth-order valence-corrected chi connectivity index (χ4v) is 2.66. The number of halogens is 1. The van der Waals surface area contributed by atoms with Gasteiger partial charge in [0, 0.05) is 33.1 Å². The predicted molar refractivity (Wildman–Crippen MR) is 84.5 cm³/mol. The number of nitrogen functional groups attached to an aromatic ring is 1. The van der Waals surface area contributed by atoms with Gasteiger partial charge in [-0.25, -0.2) is 0 Å². The molecule has 1 aliphatic rings. The Morgan fingerprint density at radius 1 is 1.35 bits per heavy atom. The third kappa shape index (κ3) is 3.35. The zero-order chi connectivity index (χ0) is 14.7. The minimum absolute atomic E-state index is 0.140. The number of hydrogen-bond donors (Lipinski definition) is 2. The molecule has 0 aromatic heterocycles. The van der Waals surface area contributed by atoms with Crippen LogP contribution in [0.1, 0.15) is 13.8 Å². The van der Waals surface area contributed by atoms with Crippen molar-refractivity contribution in [3.63, 3.8) is 0 Å². The Morgan fingerprint density at radius 3 is 2.55 bits per heavy atom. The third-order valence-electron chi connectivity index (χ3n) is 3.59. The van der Waals surface area contributed by atoms with E-state index in [1.807, 2.05) is 6.07 Å². The van der Waals surface area contributed by atoms with Gasteiger partial charge in [0.05, 0.1) is 22.1 Å². The van der Waals surface area contributed by atoms with Crippen LogP contribution in [0.2, 0.25) is 5.02 Å². The Labute approximate surface area is 124 Å². The van der Waals surface area contributed by atoms with Crippen molar-refractivity contribution in [3.8, 4) is 0 Å². The van der Waals surface area contributed by atoms with Gasteiger partial charge in [0.1, 0.15) is 0 Å². The van der Waals surface area contributed by atoms with Gasteiger partial charge in [0.2, 0.25) is 5.91 Å². The number of carbonyl (C=O) groups excluding carboxylic acids is 1. The van der Waals surface area contributed by atoms with Crippen molar-refractivity contribution in [1.29, 1.82) is 0 Å². The number of nitrogens with zero attached hydrogens (tertiary/aromatic N) is 2. The SMILES string of the molecule is CCN1CCN(c2cc(NC(C)=O)c(Cl)cc2N)CC1. The van der Waals surface area contributed by atoms with Crippen LogP contribution in [0.4, 0.5) is 17.1 Å². The second-order valence-electron chi connectivity index (χ2n) is 4.99. The van der Waals surface area contributed by atoms with Gasteiger partial charge >= 0.3 is 0 Å². The second kappa shape index (κ2) is 6.33. The number of anilines is 3. The molecule has 6 heteroatoms. The maximum Gasteiger partial charge on any atom is 0.221 e. The summed E-state index contributed by atoms with van der Waals surface area (Å²) in [6.45, 7) is 8.61. The summed E-state index contributed by atoms with van der Waals surface area (Å²) in [6, 6.07) is 3.56. The number of piperazine rings is 1. The van der Waals surface area contributed by atoms with Crippen molar-refractivity contribution in [1.82, 2.24) is 4.90 Å². The van der Waals surface area contributed by atoms with Gasteiger partial charge < -0.3 is 20.9 Å². The standard InChI is InChI=1S/C14H21ClN4O/c1-3-18-4-6-19(7-5-18)14-9-13(17-10(2)20)11(15)8-12(14)16/h8-9H,3-7,16H2,1-2H3,(H,17,20). The lowest BCUT2D eigenvalue weighted by molar-refractivity contribution is -0.114. The molecule has 1 aromatic carbocycles. The van der Waals surface area contributed by atoms with Crippen molar-refractivity contribution < 1.29 is 4.79 Å². The van der Waals surface area contributed by atoms with Crippen LogP contribution in [0.3, 0.4) is 0 Å². The van der Waals surface area contributed by atoms with Crippen LogP contribution in [0.25, 0.3) is 0 Å². The number of benzene rings is 1. The van der Waals surface area contributed by atoms with E-state index in [9.17, 15) is 4.79 Å². The molecule has 1 heterocycles. The highest BCUT2D eigenvalue weighted by atomic mass is 35.5. The summed E-state index contributed by atoms with van der Waals surface area (Å²) < 4.78 is 0. The van der Waals surface area contributed by atoms with Crippen LogP contribution in [0, 0.1) is 0 Å². The predicted octanol–water partition coefficient (Wildman–Crippen LogP) is 2.02. The number of amides is 1. The molecule has 1 saturated heterocycles. The van der Waals surface area contributed by atoms with Crippen LogP contribution < -0.4 is 16.0 Å². The number of carbonyl (C=O) groups is 1. The molecule has 1 aromatic rings. The molecule has 1 amide bonds. The Kier molecular flexibility index (Phi) is 4.73. The molecule has 0 radical (unpaired) electrons. The van der Waals surface area contributed by atoms with Gasteiger partial charge in [-0.05, 0) is 18.7 Å². The second-order valence-corrected chi connectivity index (χ2v) is 5.40. The van der Waals surface area contributed by atoms with E-state index >= 15 is 0 Å². The van der Waals surface area contributed by atoms with E-state index in [0.717, 1.165) is 38.4 Å². The summed E-state index contributed by atoms with van der Waals surface area (Å²) in [5, 5.41) is 3.20. The highest BCUT2D eigenvalue weighted by Gasteiger charge is 2.19. The first-order valence-electron chi connectivity index (χ1n) is 6.85. The highest BCUT2D eigenvalue weighted by molar-refractivity contribution is 6.34. The Balaban J connectivity index is 2.21. The van der Waals surface area contributed by atoms with Gasteiger partial charge in [0.15, 0.2) is 0 Å². The van der Waals surface area contributed by atoms with E-state index in [2.05, 4.69) is 22.0 Å². The summed E-state index contributed by atoms with van der Waals surface area (Å²) >= 11 is 6.11. The van der Waals surface area contributed by atoms with Crippen LogP contribution in [0.15, 0.2) is 12.1 Å². The zero-order valence-electron chi connectivity index (χ0n) is 11.9. The number of nitrogens with one attached hydrogen (secondary N) is 1. The summed E-state index contributed by atoms with van der Waals surface area (Å²) in [6.07, 6.45) is 0. The van der Waals surface area contributed by atoms with Gasteiger partial charge in [-0.1, -0.05) is 18.5 Å². The zero-order valence-corrected chi connectivity index (χ0v) is 12.7. The van der Waals surface area contributed by atoms with E-state index in [1.54, 1.807) is 6.07 Å².